The predicted molar refractivity (Wildman–Crippen MR) is 65.4 cm³/mol. The van der Waals surface area contributed by atoms with E-state index >= 15 is 0 Å². The summed E-state index contributed by atoms with van der Waals surface area (Å²) >= 11 is 0. The number of halogens is 1. The van der Waals surface area contributed by atoms with E-state index in [4.69, 9.17) is 5.26 Å². The molecule has 0 N–H and O–H groups in total. The Balaban J connectivity index is 0.00000225. The molecule has 1 rings (SSSR count). The first-order valence-corrected chi connectivity index (χ1v) is 6.39. The Morgan fingerprint density at radius 2 is 1.81 bits per heavy atom. The number of sulfone groups is 1. The van der Waals surface area contributed by atoms with Crippen LogP contribution in [0.1, 0.15) is 25.3 Å². The van der Waals surface area contributed by atoms with Crippen molar-refractivity contribution in [1.82, 2.24) is 0 Å². The van der Waals surface area contributed by atoms with Crippen molar-refractivity contribution in [2.24, 2.45) is 0 Å². The van der Waals surface area contributed by atoms with Gasteiger partial charge in [0.1, 0.15) is 0 Å². The number of hydrogen-bond acceptors (Lipinski definition) is 3. The molecular weight excluding hydrogens is 246 g/mol. The Morgan fingerprint density at radius 3 is 2.19 bits per heavy atom. The number of nitrogens with zero attached hydrogens (tertiary/aromatic N) is 1. The molecule has 1 unspecified atom stereocenters. The average molecular weight is 260 g/mol. The van der Waals surface area contributed by atoms with E-state index in [9.17, 15) is 8.42 Å². The Bertz CT molecular complexity index is 474. The average Bonchev–Trinajstić information content (AvgIpc) is 2.28. The minimum Gasteiger partial charge on any atom is -0.224 e. The Morgan fingerprint density at radius 1 is 1.31 bits per heavy atom. The summed E-state index contributed by atoms with van der Waals surface area (Å²) in [6.07, 6.45) is 0. The number of nitriles is 1. The molecule has 1 aromatic rings. The third kappa shape index (κ3) is 3.22. The van der Waals surface area contributed by atoms with Gasteiger partial charge in [0.25, 0.3) is 0 Å². The van der Waals surface area contributed by atoms with E-state index < -0.39 is 9.84 Å². The minimum atomic E-state index is -3.13. The summed E-state index contributed by atoms with van der Waals surface area (Å²) in [5.41, 5.74) is 0.840. The van der Waals surface area contributed by atoms with Gasteiger partial charge < -0.3 is 0 Å². The summed E-state index contributed by atoms with van der Waals surface area (Å²) in [6, 6.07) is 8.60. The van der Waals surface area contributed by atoms with Gasteiger partial charge in [0.2, 0.25) is 0 Å². The highest BCUT2D eigenvalue weighted by molar-refractivity contribution is 7.91. The summed E-state index contributed by atoms with van der Waals surface area (Å²) in [5.74, 6) is -0.108. The molecule has 1 aromatic carbocycles. The van der Waals surface area contributed by atoms with Gasteiger partial charge in [-0.15, -0.1) is 12.4 Å². The van der Waals surface area contributed by atoms with Crippen LogP contribution in [0, 0.1) is 11.3 Å². The molecule has 0 saturated carbocycles. The van der Waals surface area contributed by atoms with Gasteiger partial charge in [0.15, 0.2) is 9.84 Å². The number of hydrogen-bond donors (Lipinski definition) is 0. The van der Waals surface area contributed by atoms with Crippen molar-refractivity contribution in [3.63, 3.8) is 0 Å². The van der Waals surface area contributed by atoms with Crippen molar-refractivity contribution >= 4 is 22.2 Å². The van der Waals surface area contributed by atoms with Crippen LogP contribution in [0.2, 0.25) is 0 Å². The predicted octanol–water partition coefficient (Wildman–Crippen LogP) is 2.53. The molecule has 0 aliphatic rings. The summed E-state index contributed by atoms with van der Waals surface area (Å²) in [5, 5.41) is 8.70. The summed E-state index contributed by atoms with van der Waals surface area (Å²) in [7, 11) is -3.13. The standard InChI is InChI=1S/C11H13NO2S.ClH/c1-3-15(13,14)11-6-4-10(5-7-11)9(2)8-12;/h4-7,9H,3H2,1-2H3;1H. The molecule has 0 bridgehead atoms. The van der Waals surface area contributed by atoms with Crippen molar-refractivity contribution in [3.8, 4) is 6.07 Å². The molecule has 0 aliphatic heterocycles. The monoisotopic (exact) mass is 259 g/mol. The highest BCUT2D eigenvalue weighted by atomic mass is 35.5. The van der Waals surface area contributed by atoms with Crippen molar-refractivity contribution in [2.75, 3.05) is 5.75 Å². The van der Waals surface area contributed by atoms with Crippen molar-refractivity contribution < 1.29 is 8.42 Å². The van der Waals surface area contributed by atoms with E-state index in [1.54, 1.807) is 38.1 Å². The van der Waals surface area contributed by atoms with Crippen LogP contribution in [0.15, 0.2) is 29.2 Å². The molecule has 0 amide bonds. The molecule has 0 saturated heterocycles. The molecular formula is C11H14ClNO2S. The fraction of sp³-hybridized carbons (Fsp3) is 0.364. The lowest BCUT2D eigenvalue weighted by molar-refractivity contribution is 0.597. The van der Waals surface area contributed by atoms with Crippen molar-refractivity contribution in [3.05, 3.63) is 29.8 Å². The van der Waals surface area contributed by atoms with E-state index in [1.807, 2.05) is 0 Å². The van der Waals surface area contributed by atoms with E-state index in [2.05, 4.69) is 6.07 Å². The third-order valence-corrected chi connectivity index (χ3v) is 4.06. The van der Waals surface area contributed by atoms with Gasteiger partial charge in [-0.2, -0.15) is 5.26 Å². The Labute approximate surface area is 102 Å². The van der Waals surface area contributed by atoms with Crippen LogP contribution >= 0.6 is 12.4 Å². The van der Waals surface area contributed by atoms with E-state index in [0.29, 0.717) is 4.90 Å². The molecule has 88 valence electrons. The number of benzene rings is 1. The highest BCUT2D eigenvalue weighted by Crippen LogP contribution is 2.17. The van der Waals surface area contributed by atoms with Gasteiger partial charge in [-0.3, -0.25) is 0 Å². The second-order valence-electron chi connectivity index (χ2n) is 3.32. The Kier molecular flexibility index (Phi) is 5.49. The molecule has 0 aliphatic carbocycles. The maximum Gasteiger partial charge on any atom is 0.178 e. The van der Waals surface area contributed by atoms with Gasteiger partial charge in [-0.25, -0.2) is 8.42 Å². The molecule has 0 heterocycles. The normalized spacial score (nSPS) is 12.3. The molecule has 0 aromatic heterocycles. The second kappa shape index (κ2) is 5.88. The molecule has 0 fully saturated rings. The lowest BCUT2D eigenvalue weighted by Crippen LogP contribution is -2.03. The van der Waals surface area contributed by atoms with Crippen LogP contribution < -0.4 is 0 Å². The third-order valence-electron chi connectivity index (χ3n) is 2.31. The lowest BCUT2D eigenvalue weighted by Gasteiger charge is -2.04. The maximum atomic E-state index is 11.5. The summed E-state index contributed by atoms with van der Waals surface area (Å²) in [4.78, 5) is 0.318. The first-order chi connectivity index (χ1) is 7.01. The number of rotatable bonds is 3. The van der Waals surface area contributed by atoms with Gasteiger partial charge in [0, 0.05) is 0 Å². The van der Waals surface area contributed by atoms with Gasteiger partial charge in [-0.05, 0) is 24.6 Å². The molecule has 3 nitrogen and oxygen atoms in total. The molecule has 1 atom stereocenters. The van der Waals surface area contributed by atoms with Crippen LogP contribution in [-0.2, 0) is 9.84 Å². The van der Waals surface area contributed by atoms with Crippen LogP contribution in [-0.4, -0.2) is 14.2 Å². The minimum absolute atomic E-state index is 0. The summed E-state index contributed by atoms with van der Waals surface area (Å²) < 4.78 is 23.0. The maximum absolute atomic E-state index is 11.5. The fourth-order valence-corrected chi connectivity index (χ4v) is 2.09. The smallest absolute Gasteiger partial charge is 0.178 e. The van der Waals surface area contributed by atoms with Crippen molar-refractivity contribution in [2.45, 2.75) is 24.7 Å². The van der Waals surface area contributed by atoms with Gasteiger partial charge in [-0.1, -0.05) is 19.1 Å². The zero-order chi connectivity index (χ0) is 11.5. The van der Waals surface area contributed by atoms with Gasteiger partial charge >= 0.3 is 0 Å². The van der Waals surface area contributed by atoms with Crippen LogP contribution in [0.4, 0.5) is 0 Å². The zero-order valence-corrected chi connectivity index (χ0v) is 10.8. The van der Waals surface area contributed by atoms with Crippen molar-refractivity contribution in [1.29, 1.82) is 5.26 Å². The second-order valence-corrected chi connectivity index (χ2v) is 5.60. The topological polar surface area (TPSA) is 57.9 Å². The molecule has 0 spiro atoms. The molecule has 16 heavy (non-hydrogen) atoms. The zero-order valence-electron chi connectivity index (χ0n) is 9.17. The molecule has 0 radical (unpaired) electrons. The first-order valence-electron chi connectivity index (χ1n) is 4.73. The summed E-state index contributed by atoms with van der Waals surface area (Å²) in [6.45, 7) is 3.39. The highest BCUT2D eigenvalue weighted by Gasteiger charge is 2.11. The van der Waals surface area contributed by atoms with E-state index in [-0.39, 0.29) is 24.1 Å². The van der Waals surface area contributed by atoms with E-state index in [1.165, 1.54) is 0 Å². The van der Waals surface area contributed by atoms with E-state index in [0.717, 1.165) is 5.56 Å². The largest absolute Gasteiger partial charge is 0.224 e. The van der Waals surface area contributed by atoms with Crippen LogP contribution in [0.25, 0.3) is 0 Å². The lowest BCUT2D eigenvalue weighted by atomic mass is 10.0. The first kappa shape index (κ1) is 14.9. The van der Waals surface area contributed by atoms with Gasteiger partial charge in [0.05, 0.1) is 22.6 Å². The Hall–Kier alpha value is -1.05. The van der Waals surface area contributed by atoms with Crippen LogP contribution in [0.3, 0.4) is 0 Å². The fourth-order valence-electron chi connectivity index (χ4n) is 1.21. The quantitative estimate of drug-likeness (QED) is 0.838. The SMILES string of the molecule is CCS(=O)(=O)c1ccc(C(C)C#N)cc1.Cl. The van der Waals surface area contributed by atoms with Crippen LogP contribution in [0.5, 0.6) is 0 Å². The molecule has 5 heteroatoms.